The zero-order valence-electron chi connectivity index (χ0n) is 14.8. The van der Waals surface area contributed by atoms with Crippen molar-refractivity contribution in [2.45, 2.75) is 31.0 Å². The number of rotatable bonds is 6. The summed E-state index contributed by atoms with van der Waals surface area (Å²) in [6.07, 6.45) is 0. The maximum Gasteiger partial charge on any atom is 0.287 e. The van der Waals surface area contributed by atoms with Gasteiger partial charge in [-0.15, -0.1) is 0 Å². The minimum atomic E-state index is -1.20. The summed E-state index contributed by atoms with van der Waals surface area (Å²) in [6.45, 7) is 4.44. The largest absolute Gasteiger partial charge is 0.455 e. The highest BCUT2D eigenvalue weighted by Crippen LogP contribution is 2.16. The summed E-state index contributed by atoms with van der Waals surface area (Å²) < 4.78 is 18.0. The van der Waals surface area contributed by atoms with Crippen LogP contribution in [0.2, 0.25) is 0 Å². The van der Waals surface area contributed by atoms with Crippen molar-refractivity contribution in [2.75, 3.05) is 0 Å². The molecule has 0 aliphatic heterocycles. The predicted molar refractivity (Wildman–Crippen MR) is 102 cm³/mol. The van der Waals surface area contributed by atoms with Crippen LogP contribution in [-0.4, -0.2) is 10.1 Å². The number of nitrogens with one attached hydrogen (secondary N) is 1. The van der Waals surface area contributed by atoms with Gasteiger partial charge < -0.3 is 9.73 Å². The third kappa shape index (κ3) is 4.70. The van der Waals surface area contributed by atoms with Crippen LogP contribution < -0.4 is 5.32 Å². The van der Waals surface area contributed by atoms with Crippen LogP contribution >= 0.6 is 0 Å². The molecule has 1 atom stereocenters. The number of furan rings is 1. The Kier molecular flexibility index (Phi) is 5.68. The summed E-state index contributed by atoms with van der Waals surface area (Å²) in [6, 6.07) is 18.9. The molecule has 0 fully saturated rings. The minimum absolute atomic E-state index is 0.230. The Morgan fingerprint density at radius 3 is 2.19 bits per heavy atom. The van der Waals surface area contributed by atoms with Crippen LogP contribution in [0.1, 0.15) is 33.0 Å². The molecule has 1 amide bonds. The molecule has 0 saturated carbocycles. The fourth-order valence-electron chi connectivity index (χ4n) is 2.46. The van der Waals surface area contributed by atoms with Crippen LogP contribution in [0.25, 0.3) is 0 Å². The zero-order chi connectivity index (χ0) is 18.5. The number of carbonyl (C=O) groups is 1. The number of hydrogen-bond donors (Lipinski definition) is 1. The molecule has 0 saturated heterocycles. The average molecular weight is 367 g/mol. The van der Waals surface area contributed by atoms with Crippen LogP contribution in [-0.2, 0) is 23.1 Å². The Morgan fingerprint density at radius 2 is 1.54 bits per heavy atom. The minimum Gasteiger partial charge on any atom is -0.455 e. The summed E-state index contributed by atoms with van der Waals surface area (Å²) in [5.74, 6) is 0.726. The van der Waals surface area contributed by atoms with Crippen LogP contribution in [0.3, 0.4) is 0 Å². The molecule has 0 spiro atoms. The van der Waals surface area contributed by atoms with Crippen molar-refractivity contribution in [3.63, 3.8) is 0 Å². The van der Waals surface area contributed by atoms with E-state index in [1.165, 1.54) is 5.56 Å². The molecule has 0 unspecified atom stereocenters. The van der Waals surface area contributed by atoms with E-state index in [2.05, 4.69) is 5.32 Å². The highest BCUT2D eigenvalue weighted by atomic mass is 32.2. The van der Waals surface area contributed by atoms with Crippen molar-refractivity contribution < 1.29 is 13.4 Å². The van der Waals surface area contributed by atoms with Gasteiger partial charge in [0.05, 0.1) is 16.6 Å². The normalized spacial score (nSPS) is 11.9. The third-order valence-corrected chi connectivity index (χ3v) is 5.36. The van der Waals surface area contributed by atoms with E-state index >= 15 is 0 Å². The third-order valence-electron chi connectivity index (χ3n) is 4.02. The first kappa shape index (κ1) is 18.1. The van der Waals surface area contributed by atoms with Crippen molar-refractivity contribution in [3.8, 4) is 0 Å². The summed E-state index contributed by atoms with van der Waals surface area (Å²) in [5, 5.41) is 2.83. The van der Waals surface area contributed by atoms with Gasteiger partial charge >= 0.3 is 0 Å². The zero-order valence-corrected chi connectivity index (χ0v) is 15.6. The van der Waals surface area contributed by atoms with Gasteiger partial charge in [0, 0.05) is 11.4 Å². The maximum atomic E-state index is 12.4. The van der Waals surface area contributed by atoms with E-state index in [1.807, 2.05) is 62.4 Å². The highest BCUT2D eigenvalue weighted by molar-refractivity contribution is 7.84. The second kappa shape index (κ2) is 8.15. The van der Waals surface area contributed by atoms with E-state index < -0.39 is 10.8 Å². The standard InChI is InChI=1S/C21H21NO3S/c1-15-3-7-17(8-4-15)13-22-21(23)20-12-9-18(25-20)14-26(24)19-10-5-16(2)6-11-19/h3-12H,13-14H2,1-2H3,(H,22,23)/t26-/m1/s1. The molecule has 5 heteroatoms. The molecule has 1 N–H and O–H groups in total. The quantitative estimate of drug-likeness (QED) is 0.712. The Bertz CT molecular complexity index is 911. The van der Waals surface area contributed by atoms with Crippen LogP contribution in [0, 0.1) is 13.8 Å². The van der Waals surface area contributed by atoms with Crippen LogP contribution in [0.4, 0.5) is 0 Å². The van der Waals surface area contributed by atoms with Crippen molar-refractivity contribution in [3.05, 3.63) is 88.9 Å². The van der Waals surface area contributed by atoms with Gasteiger partial charge in [-0.1, -0.05) is 47.5 Å². The smallest absolute Gasteiger partial charge is 0.287 e. The Morgan fingerprint density at radius 1 is 0.923 bits per heavy atom. The molecular weight excluding hydrogens is 346 g/mol. The molecule has 2 aromatic carbocycles. The lowest BCUT2D eigenvalue weighted by Crippen LogP contribution is -2.22. The topological polar surface area (TPSA) is 59.3 Å². The molecule has 0 aliphatic rings. The molecule has 3 rings (SSSR count). The van der Waals surface area contributed by atoms with Crippen molar-refractivity contribution in [1.29, 1.82) is 0 Å². The Labute approximate surface area is 155 Å². The summed E-state index contributed by atoms with van der Waals surface area (Å²) in [7, 11) is -1.20. The number of hydrogen-bond acceptors (Lipinski definition) is 3. The van der Waals surface area contributed by atoms with Crippen LogP contribution in [0.5, 0.6) is 0 Å². The van der Waals surface area contributed by atoms with Crippen molar-refractivity contribution in [2.24, 2.45) is 0 Å². The van der Waals surface area contributed by atoms with E-state index in [4.69, 9.17) is 4.42 Å². The Balaban J connectivity index is 1.58. The molecular formula is C21H21NO3S. The van der Waals surface area contributed by atoms with Gasteiger partial charge in [0.1, 0.15) is 5.76 Å². The lowest BCUT2D eigenvalue weighted by molar-refractivity contribution is 0.0921. The lowest BCUT2D eigenvalue weighted by atomic mass is 10.1. The first-order chi connectivity index (χ1) is 12.5. The van der Waals surface area contributed by atoms with Gasteiger partial charge in [-0.2, -0.15) is 0 Å². The molecule has 134 valence electrons. The summed E-state index contributed by atoms with van der Waals surface area (Å²) in [4.78, 5) is 13.0. The maximum absolute atomic E-state index is 12.4. The van der Waals surface area contributed by atoms with Gasteiger partial charge in [0.15, 0.2) is 5.76 Å². The molecule has 3 aromatic rings. The molecule has 1 heterocycles. The lowest BCUT2D eigenvalue weighted by Gasteiger charge is -2.04. The first-order valence-electron chi connectivity index (χ1n) is 8.39. The Hall–Kier alpha value is -2.66. The second-order valence-electron chi connectivity index (χ2n) is 6.24. The van der Waals surface area contributed by atoms with Gasteiger partial charge in [-0.25, -0.2) is 0 Å². The van der Waals surface area contributed by atoms with Crippen molar-refractivity contribution >= 4 is 16.7 Å². The van der Waals surface area contributed by atoms with Gasteiger partial charge in [0.25, 0.3) is 5.91 Å². The highest BCUT2D eigenvalue weighted by Gasteiger charge is 2.13. The number of benzene rings is 2. The molecule has 0 aliphatic carbocycles. The van der Waals surface area contributed by atoms with E-state index in [9.17, 15) is 9.00 Å². The van der Waals surface area contributed by atoms with E-state index in [1.54, 1.807) is 12.1 Å². The molecule has 1 aromatic heterocycles. The molecule has 0 bridgehead atoms. The molecule has 0 radical (unpaired) electrons. The fourth-order valence-corrected chi connectivity index (χ4v) is 3.48. The molecule has 26 heavy (non-hydrogen) atoms. The average Bonchev–Trinajstić information content (AvgIpc) is 3.10. The van der Waals surface area contributed by atoms with E-state index in [0.717, 1.165) is 16.0 Å². The van der Waals surface area contributed by atoms with Gasteiger partial charge in [-0.05, 0) is 43.7 Å². The predicted octanol–water partition coefficient (Wildman–Crippen LogP) is 4.13. The summed E-state index contributed by atoms with van der Waals surface area (Å²) in [5.41, 5.74) is 3.32. The number of amides is 1. The van der Waals surface area contributed by atoms with Gasteiger partial charge in [-0.3, -0.25) is 9.00 Å². The van der Waals surface area contributed by atoms with Gasteiger partial charge in [0.2, 0.25) is 0 Å². The fraction of sp³-hybridized carbons (Fsp3) is 0.190. The molecule has 4 nitrogen and oxygen atoms in total. The first-order valence-corrected chi connectivity index (χ1v) is 9.70. The van der Waals surface area contributed by atoms with E-state index in [-0.39, 0.29) is 17.4 Å². The van der Waals surface area contributed by atoms with Crippen LogP contribution in [0.15, 0.2) is 70.0 Å². The number of aryl methyl sites for hydroxylation is 2. The second-order valence-corrected chi connectivity index (χ2v) is 7.69. The number of carbonyl (C=O) groups excluding carboxylic acids is 1. The SMILES string of the molecule is Cc1ccc(CNC(=O)c2ccc(C[S@@](=O)c3ccc(C)cc3)o2)cc1. The van der Waals surface area contributed by atoms with E-state index in [0.29, 0.717) is 12.3 Å². The van der Waals surface area contributed by atoms with Crippen molar-refractivity contribution in [1.82, 2.24) is 5.32 Å². The monoisotopic (exact) mass is 367 g/mol. The summed E-state index contributed by atoms with van der Waals surface area (Å²) >= 11 is 0.